The van der Waals surface area contributed by atoms with E-state index in [9.17, 15) is 13.6 Å². The Labute approximate surface area is 141 Å². The molecule has 3 rings (SSSR count). The van der Waals surface area contributed by atoms with E-state index in [2.05, 4.69) is 15.4 Å². The van der Waals surface area contributed by atoms with Crippen molar-refractivity contribution in [3.63, 3.8) is 0 Å². The highest BCUT2D eigenvalue weighted by atomic mass is 19.3. The molecule has 4 unspecified atom stereocenters. The number of hydrogen-bond acceptors (Lipinski definition) is 3. The topological polar surface area (TPSA) is 50.4 Å². The Bertz CT molecular complexity index is 551. The van der Waals surface area contributed by atoms with Crippen LogP contribution in [0, 0.1) is 5.92 Å². The van der Waals surface area contributed by atoms with Crippen LogP contribution in [0.15, 0.2) is 24.3 Å². The first kappa shape index (κ1) is 17.1. The number of hydrogen-bond donors (Lipinski definition) is 2. The Kier molecular flexibility index (Phi) is 5.33. The van der Waals surface area contributed by atoms with Crippen molar-refractivity contribution in [2.24, 2.45) is 5.92 Å². The Hall–Kier alpha value is -1.69. The predicted molar refractivity (Wildman–Crippen MR) is 86.9 cm³/mol. The van der Waals surface area contributed by atoms with E-state index < -0.39 is 6.61 Å². The smallest absolute Gasteiger partial charge is 0.387 e. The van der Waals surface area contributed by atoms with E-state index in [0.29, 0.717) is 12.0 Å². The van der Waals surface area contributed by atoms with Crippen LogP contribution >= 0.6 is 0 Å². The molecule has 1 heterocycles. The molecule has 132 valence electrons. The lowest BCUT2D eigenvalue weighted by atomic mass is 9.85. The van der Waals surface area contributed by atoms with Gasteiger partial charge in [0.15, 0.2) is 0 Å². The zero-order valence-corrected chi connectivity index (χ0v) is 13.8. The number of amides is 1. The molecule has 24 heavy (non-hydrogen) atoms. The second-order valence-corrected chi connectivity index (χ2v) is 6.78. The van der Waals surface area contributed by atoms with Crippen LogP contribution in [0.25, 0.3) is 0 Å². The molecule has 2 aliphatic rings. The molecular weight excluding hydrogens is 314 g/mol. The van der Waals surface area contributed by atoms with Crippen LogP contribution in [-0.4, -0.2) is 24.6 Å². The first-order valence-corrected chi connectivity index (χ1v) is 8.64. The number of fused-ring (bicyclic) bond motifs is 1. The van der Waals surface area contributed by atoms with E-state index in [1.807, 2.05) is 6.92 Å². The van der Waals surface area contributed by atoms with Crippen LogP contribution in [0.4, 0.5) is 8.78 Å². The van der Waals surface area contributed by atoms with Crippen molar-refractivity contribution in [1.82, 2.24) is 10.6 Å². The fourth-order valence-corrected chi connectivity index (χ4v) is 3.86. The van der Waals surface area contributed by atoms with Crippen molar-refractivity contribution in [2.75, 3.05) is 0 Å². The van der Waals surface area contributed by atoms with Gasteiger partial charge in [0.1, 0.15) is 5.75 Å². The first-order chi connectivity index (χ1) is 11.5. The largest absolute Gasteiger partial charge is 0.435 e. The zero-order valence-electron chi connectivity index (χ0n) is 13.8. The summed E-state index contributed by atoms with van der Waals surface area (Å²) in [6, 6.07) is 6.56. The SMILES string of the molecule is CC(NC(=O)C1CC2CCCCC2N1)c1ccc(OC(F)F)cc1. The first-order valence-electron chi connectivity index (χ1n) is 8.64. The number of rotatable bonds is 5. The van der Waals surface area contributed by atoms with Gasteiger partial charge in [-0.2, -0.15) is 8.78 Å². The molecule has 1 saturated carbocycles. The van der Waals surface area contributed by atoms with Crippen molar-refractivity contribution < 1.29 is 18.3 Å². The molecule has 1 aliphatic heterocycles. The predicted octanol–water partition coefficient (Wildman–Crippen LogP) is 3.39. The summed E-state index contributed by atoms with van der Waals surface area (Å²) in [5.74, 6) is 0.759. The van der Waals surface area contributed by atoms with Crippen LogP contribution in [0.3, 0.4) is 0 Å². The summed E-state index contributed by atoms with van der Waals surface area (Å²) in [7, 11) is 0. The van der Waals surface area contributed by atoms with Gasteiger partial charge in [-0.25, -0.2) is 0 Å². The highest BCUT2D eigenvalue weighted by molar-refractivity contribution is 5.82. The second kappa shape index (κ2) is 7.47. The van der Waals surface area contributed by atoms with Gasteiger partial charge in [-0.05, 0) is 49.8 Å². The molecule has 6 heteroatoms. The van der Waals surface area contributed by atoms with Crippen molar-refractivity contribution in [1.29, 1.82) is 0 Å². The van der Waals surface area contributed by atoms with Gasteiger partial charge in [0.05, 0.1) is 12.1 Å². The molecule has 1 aliphatic carbocycles. The molecule has 1 amide bonds. The van der Waals surface area contributed by atoms with Crippen LogP contribution in [0.5, 0.6) is 5.75 Å². The monoisotopic (exact) mass is 338 g/mol. The van der Waals surface area contributed by atoms with Crippen LogP contribution in [0.1, 0.15) is 50.6 Å². The maximum Gasteiger partial charge on any atom is 0.387 e. The standard InChI is InChI=1S/C18H24F2N2O2/c1-11(12-6-8-14(9-7-12)24-18(19)20)21-17(23)16-10-13-4-2-3-5-15(13)22-16/h6-9,11,13,15-16,18,22H,2-5,10H2,1H3,(H,21,23). The minimum Gasteiger partial charge on any atom is -0.435 e. The summed E-state index contributed by atoms with van der Waals surface area (Å²) >= 11 is 0. The van der Waals surface area contributed by atoms with Gasteiger partial charge in [-0.1, -0.05) is 25.0 Å². The summed E-state index contributed by atoms with van der Waals surface area (Å²) in [6.45, 7) is -0.937. The Morgan fingerprint density at radius 3 is 2.62 bits per heavy atom. The summed E-state index contributed by atoms with van der Waals surface area (Å²) in [6.07, 6.45) is 5.79. The van der Waals surface area contributed by atoms with Gasteiger partial charge in [0.2, 0.25) is 5.91 Å². The third kappa shape index (κ3) is 4.04. The molecule has 2 fully saturated rings. The Morgan fingerprint density at radius 1 is 1.25 bits per heavy atom. The molecule has 1 saturated heterocycles. The minimum atomic E-state index is -2.83. The highest BCUT2D eigenvalue weighted by Crippen LogP contribution is 2.33. The van der Waals surface area contributed by atoms with E-state index in [1.165, 1.54) is 31.4 Å². The number of carbonyl (C=O) groups is 1. The normalized spacial score (nSPS) is 27.6. The lowest BCUT2D eigenvalue weighted by Crippen LogP contribution is -2.43. The van der Waals surface area contributed by atoms with Crippen molar-refractivity contribution in [3.8, 4) is 5.75 Å². The third-order valence-corrected chi connectivity index (χ3v) is 5.14. The maximum atomic E-state index is 12.5. The van der Waals surface area contributed by atoms with E-state index in [1.54, 1.807) is 12.1 Å². The van der Waals surface area contributed by atoms with Crippen LogP contribution in [-0.2, 0) is 4.79 Å². The third-order valence-electron chi connectivity index (χ3n) is 5.14. The Morgan fingerprint density at radius 2 is 1.96 bits per heavy atom. The van der Waals surface area contributed by atoms with E-state index in [0.717, 1.165) is 18.4 Å². The lowest BCUT2D eigenvalue weighted by molar-refractivity contribution is -0.123. The summed E-state index contributed by atoms with van der Waals surface area (Å²) in [4.78, 5) is 12.5. The number of carbonyl (C=O) groups excluding carboxylic acids is 1. The number of halogens is 2. The van der Waals surface area contributed by atoms with Gasteiger partial charge in [-0.3, -0.25) is 4.79 Å². The lowest BCUT2D eigenvalue weighted by Gasteiger charge is -2.24. The molecule has 1 aromatic rings. The Balaban J connectivity index is 1.54. The van der Waals surface area contributed by atoms with Crippen molar-refractivity contribution in [3.05, 3.63) is 29.8 Å². The number of alkyl halides is 2. The average molecular weight is 338 g/mol. The molecule has 1 aromatic carbocycles. The van der Waals surface area contributed by atoms with E-state index in [-0.39, 0.29) is 23.7 Å². The molecule has 2 N–H and O–H groups in total. The molecule has 4 atom stereocenters. The zero-order chi connectivity index (χ0) is 17.1. The summed E-state index contributed by atoms with van der Waals surface area (Å²) < 4.78 is 28.7. The minimum absolute atomic E-state index is 0.0183. The van der Waals surface area contributed by atoms with Crippen molar-refractivity contribution in [2.45, 2.75) is 63.8 Å². The molecule has 4 nitrogen and oxygen atoms in total. The number of benzene rings is 1. The fraction of sp³-hybridized carbons (Fsp3) is 0.611. The van der Waals surface area contributed by atoms with Gasteiger partial charge >= 0.3 is 6.61 Å². The molecule has 0 bridgehead atoms. The fourth-order valence-electron chi connectivity index (χ4n) is 3.86. The van der Waals surface area contributed by atoms with Gasteiger partial charge in [0, 0.05) is 6.04 Å². The summed E-state index contributed by atoms with van der Waals surface area (Å²) in [5.41, 5.74) is 0.861. The molecular formula is C18H24F2N2O2. The van der Waals surface area contributed by atoms with Gasteiger partial charge in [0.25, 0.3) is 0 Å². The average Bonchev–Trinajstić information content (AvgIpc) is 2.99. The van der Waals surface area contributed by atoms with Crippen molar-refractivity contribution >= 4 is 5.91 Å². The number of nitrogens with one attached hydrogen (secondary N) is 2. The molecule has 0 spiro atoms. The number of ether oxygens (including phenoxy) is 1. The van der Waals surface area contributed by atoms with Gasteiger partial charge in [-0.15, -0.1) is 0 Å². The summed E-state index contributed by atoms with van der Waals surface area (Å²) in [5, 5.41) is 6.48. The second-order valence-electron chi connectivity index (χ2n) is 6.78. The van der Waals surface area contributed by atoms with Gasteiger partial charge < -0.3 is 15.4 Å². The molecule has 0 radical (unpaired) electrons. The quantitative estimate of drug-likeness (QED) is 0.865. The van der Waals surface area contributed by atoms with Crippen LogP contribution in [0.2, 0.25) is 0 Å². The van der Waals surface area contributed by atoms with E-state index in [4.69, 9.17) is 0 Å². The van der Waals surface area contributed by atoms with Crippen LogP contribution < -0.4 is 15.4 Å². The van der Waals surface area contributed by atoms with E-state index >= 15 is 0 Å². The highest BCUT2D eigenvalue weighted by Gasteiger charge is 2.38. The molecule has 0 aromatic heterocycles. The maximum absolute atomic E-state index is 12.5.